The minimum atomic E-state index is -0.199. The number of hydrogen-bond donors (Lipinski definition) is 1. The number of carbonyl (C=O) groups excluding carboxylic acids is 1. The molecule has 92 valence electrons. The van der Waals surface area contributed by atoms with Crippen molar-refractivity contribution in [1.82, 2.24) is 5.32 Å². The lowest BCUT2D eigenvalue weighted by Crippen LogP contribution is -2.32. The van der Waals surface area contributed by atoms with Crippen LogP contribution in [0.4, 0.5) is 4.39 Å². The molecule has 4 heteroatoms. The molecule has 0 saturated heterocycles. The summed E-state index contributed by atoms with van der Waals surface area (Å²) in [5, 5.41) is 2.82. The largest absolute Gasteiger partial charge is 0.352 e. The van der Waals surface area contributed by atoms with Gasteiger partial charge in [0, 0.05) is 11.8 Å². The Bertz CT molecular complexity index is 406. The first-order chi connectivity index (χ1) is 8.16. The summed E-state index contributed by atoms with van der Waals surface area (Å²) in [6.45, 7) is 1.86. The molecule has 1 aliphatic carbocycles. The van der Waals surface area contributed by atoms with Gasteiger partial charge < -0.3 is 5.32 Å². The van der Waals surface area contributed by atoms with Gasteiger partial charge in [0.25, 0.3) is 0 Å². The fraction of sp³-hybridized carbons (Fsp3) is 0.462. The Kier molecular flexibility index (Phi) is 4.05. The molecular weight excluding hydrogens is 237 g/mol. The molecule has 0 bridgehead atoms. The summed E-state index contributed by atoms with van der Waals surface area (Å²) >= 11 is 1.47. The fourth-order valence-corrected chi connectivity index (χ4v) is 2.34. The van der Waals surface area contributed by atoms with E-state index in [0.717, 1.165) is 12.8 Å². The molecule has 0 heterocycles. The van der Waals surface area contributed by atoms with Crippen LogP contribution in [0.5, 0.6) is 0 Å². The van der Waals surface area contributed by atoms with E-state index in [-0.39, 0.29) is 17.0 Å². The van der Waals surface area contributed by atoms with Gasteiger partial charge in [-0.2, -0.15) is 0 Å². The molecule has 0 unspecified atom stereocenters. The van der Waals surface area contributed by atoms with Crippen LogP contribution in [-0.2, 0) is 10.5 Å². The van der Waals surface area contributed by atoms with Crippen molar-refractivity contribution >= 4 is 17.7 Å². The molecule has 1 atom stereocenters. The molecule has 0 spiro atoms. The maximum absolute atomic E-state index is 13.3. The number of benzene rings is 1. The van der Waals surface area contributed by atoms with Gasteiger partial charge >= 0.3 is 0 Å². The molecular formula is C13H16FNOS. The van der Waals surface area contributed by atoms with E-state index in [1.165, 1.54) is 17.8 Å². The number of hydrogen-bond acceptors (Lipinski definition) is 2. The smallest absolute Gasteiger partial charge is 0.233 e. The highest BCUT2D eigenvalue weighted by molar-refractivity contribution is 7.99. The van der Waals surface area contributed by atoms with Gasteiger partial charge in [0.05, 0.1) is 5.25 Å². The second-order valence-corrected chi connectivity index (χ2v) is 5.66. The molecule has 0 radical (unpaired) electrons. The maximum Gasteiger partial charge on any atom is 0.233 e. The topological polar surface area (TPSA) is 29.1 Å². The molecule has 1 fully saturated rings. The lowest BCUT2D eigenvalue weighted by molar-refractivity contribution is -0.120. The van der Waals surface area contributed by atoms with Crippen LogP contribution in [0.25, 0.3) is 0 Å². The van der Waals surface area contributed by atoms with Gasteiger partial charge in [0.15, 0.2) is 0 Å². The Labute approximate surface area is 105 Å². The molecule has 0 aromatic heterocycles. The Balaban J connectivity index is 1.80. The number of rotatable bonds is 5. The molecule has 1 aliphatic rings. The fourth-order valence-electron chi connectivity index (χ4n) is 1.45. The number of nitrogens with one attached hydrogen (secondary N) is 1. The third-order valence-electron chi connectivity index (χ3n) is 2.74. The summed E-state index contributed by atoms with van der Waals surface area (Å²) in [6, 6.07) is 7.08. The molecule has 2 nitrogen and oxygen atoms in total. The Morgan fingerprint density at radius 2 is 2.24 bits per heavy atom. The monoisotopic (exact) mass is 253 g/mol. The van der Waals surface area contributed by atoms with E-state index in [2.05, 4.69) is 5.32 Å². The Morgan fingerprint density at radius 3 is 2.88 bits per heavy atom. The zero-order valence-electron chi connectivity index (χ0n) is 9.78. The lowest BCUT2D eigenvalue weighted by Gasteiger charge is -2.11. The first-order valence-electron chi connectivity index (χ1n) is 5.82. The highest BCUT2D eigenvalue weighted by Crippen LogP contribution is 2.22. The first kappa shape index (κ1) is 12.4. The molecule has 1 N–H and O–H groups in total. The molecule has 1 aromatic rings. The number of thioether (sulfide) groups is 1. The highest BCUT2D eigenvalue weighted by Gasteiger charge is 2.25. The standard InChI is InChI=1S/C13H16FNOS/c1-9(13(16)15-11-6-7-11)17-8-10-4-2-3-5-12(10)14/h2-5,9,11H,6-8H2,1H3,(H,15,16)/t9-/m1/s1. The van der Waals surface area contributed by atoms with Gasteiger partial charge in [0.1, 0.15) is 5.82 Å². The molecule has 0 aliphatic heterocycles. The van der Waals surface area contributed by atoms with Crippen LogP contribution in [0.3, 0.4) is 0 Å². The van der Waals surface area contributed by atoms with E-state index < -0.39 is 0 Å². The van der Waals surface area contributed by atoms with Gasteiger partial charge in [-0.3, -0.25) is 4.79 Å². The summed E-state index contributed by atoms with van der Waals surface area (Å²) in [4.78, 5) is 11.7. The lowest BCUT2D eigenvalue weighted by atomic mass is 10.2. The zero-order chi connectivity index (χ0) is 12.3. The van der Waals surface area contributed by atoms with Gasteiger partial charge in [-0.1, -0.05) is 18.2 Å². The van der Waals surface area contributed by atoms with Gasteiger partial charge in [-0.05, 0) is 31.4 Å². The summed E-state index contributed by atoms with van der Waals surface area (Å²) in [5.74, 6) is 0.398. The molecule has 2 rings (SSSR count). The van der Waals surface area contributed by atoms with Crippen molar-refractivity contribution in [2.24, 2.45) is 0 Å². The van der Waals surface area contributed by atoms with Crippen molar-refractivity contribution in [3.63, 3.8) is 0 Å². The Hall–Kier alpha value is -1.03. The summed E-state index contributed by atoms with van der Waals surface area (Å²) in [7, 11) is 0. The quantitative estimate of drug-likeness (QED) is 0.874. The highest BCUT2D eigenvalue weighted by atomic mass is 32.2. The Morgan fingerprint density at radius 1 is 1.53 bits per heavy atom. The van der Waals surface area contributed by atoms with Crippen LogP contribution in [0.1, 0.15) is 25.3 Å². The van der Waals surface area contributed by atoms with E-state index in [1.807, 2.05) is 13.0 Å². The van der Waals surface area contributed by atoms with Crippen molar-refractivity contribution in [2.45, 2.75) is 36.8 Å². The van der Waals surface area contributed by atoms with E-state index in [1.54, 1.807) is 12.1 Å². The van der Waals surface area contributed by atoms with E-state index in [4.69, 9.17) is 0 Å². The average Bonchev–Trinajstić information content (AvgIpc) is 3.11. The molecule has 1 amide bonds. The summed E-state index contributed by atoms with van der Waals surface area (Å²) in [6.07, 6.45) is 2.19. The normalized spacial score (nSPS) is 16.6. The minimum absolute atomic E-state index is 0.0637. The van der Waals surface area contributed by atoms with Gasteiger partial charge in [-0.15, -0.1) is 11.8 Å². The third-order valence-corrected chi connectivity index (χ3v) is 3.93. The predicted molar refractivity (Wildman–Crippen MR) is 68.3 cm³/mol. The van der Waals surface area contributed by atoms with Crippen molar-refractivity contribution in [1.29, 1.82) is 0 Å². The first-order valence-corrected chi connectivity index (χ1v) is 6.87. The van der Waals surface area contributed by atoms with Gasteiger partial charge in [-0.25, -0.2) is 4.39 Å². The second-order valence-electron chi connectivity index (χ2n) is 4.33. The van der Waals surface area contributed by atoms with Crippen molar-refractivity contribution in [3.05, 3.63) is 35.6 Å². The van der Waals surface area contributed by atoms with Crippen LogP contribution < -0.4 is 5.32 Å². The van der Waals surface area contributed by atoms with Crippen LogP contribution in [0.15, 0.2) is 24.3 Å². The SMILES string of the molecule is C[C@@H](SCc1ccccc1F)C(=O)NC1CC1. The average molecular weight is 253 g/mol. The van der Waals surface area contributed by atoms with Crippen LogP contribution in [0.2, 0.25) is 0 Å². The van der Waals surface area contributed by atoms with Crippen LogP contribution in [-0.4, -0.2) is 17.2 Å². The summed E-state index contributed by atoms with van der Waals surface area (Å²) < 4.78 is 13.3. The summed E-state index contributed by atoms with van der Waals surface area (Å²) in [5.41, 5.74) is 0.656. The number of carbonyl (C=O) groups is 1. The number of amides is 1. The van der Waals surface area contributed by atoms with Crippen LogP contribution in [0, 0.1) is 5.82 Å². The van der Waals surface area contributed by atoms with E-state index in [0.29, 0.717) is 17.4 Å². The van der Waals surface area contributed by atoms with Crippen LogP contribution >= 0.6 is 11.8 Å². The van der Waals surface area contributed by atoms with Crippen molar-refractivity contribution in [3.8, 4) is 0 Å². The predicted octanol–water partition coefficient (Wildman–Crippen LogP) is 2.73. The number of halogens is 1. The van der Waals surface area contributed by atoms with Gasteiger partial charge in [0.2, 0.25) is 5.91 Å². The zero-order valence-corrected chi connectivity index (χ0v) is 10.6. The molecule has 1 saturated carbocycles. The molecule has 1 aromatic carbocycles. The van der Waals surface area contributed by atoms with E-state index in [9.17, 15) is 9.18 Å². The minimum Gasteiger partial charge on any atom is -0.352 e. The van der Waals surface area contributed by atoms with Crippen molar-refractivity contribution in [2.75, 3.05) is 0 Å². The maximum atomic E-state index is 13.3. The molecule has 17 heavy (non-hydrogen) atoms. The third kappa shape index (κ3) is 3.73. The second kappa shape index (κ2) is 5.54. The van der Waals surface area contributed by atoms with E-state index >= 15 is 0 Å². The van der Waals surface area contributed by atoms with Crippen molar-refractivity contribution < 1.29 is 9.18 Å².